The Morgan fingerprint density at radius 2 is 1.79 bits per heavy atom. The van der Waals surface area contributed by atoms with Crippen LogP contribution in [-0.2, 0) is 10.0 Å². The third kappa shape index (κ3) is 4.86. The molecule has 1 aliphatic rings. The molecule has 0 amide bonds. The van der Waals surface area contributed by atoms with Gasteiger partial charge in [0, 0.05) is 25.6 Å². The van der Waals surface area contributed by atoms with Crippen LogP contribution >= 0.6 is 35.1 Å². The van der Waals surface area contributed by atoms with E-state index in [1.807, 2.05) is 35.7 Å². The molecule has 0 unspecified atom stereocenters. The number of carbonyl (C=O) groups excluding carboxylic acids is 1. The van der Waals surface area contributed by atoms with Gasteiger partial charge in [0.05, 0.1) is 27.2 Å². The first kappa shape index (κ1) is 22.3. The Bertz CT molecular complexity index is 1020. The minimum atomic E-state index is -3.71. The SMILES string of the molecule is COc1cc(C2SCCS2)ccc1OC(=O)c1cc(S(=O)(=O)N(C)C)ccc1Cl. The van der Waals surface area contributed by atoms with Crippen molar-refractivity contribution in [1.29, 1.82) is 0 Å². The molecule has 156 valence electrons. The number of hydrogen-bond donors (Lipinski definition) is 0. The Hall–Kier alpha value is -1.39. The van der Waals surface area contributed by atoms with E-state index in [1.54, 1.807) is 6.07 Å². The predicted octanol–water partition coefficient (Wildman–Crippen LogP) is 4.30. The normalized spacial score (nSPS) is 14.9. The van der Waals surface area contributed by atoms with E-state index in [2.05, 4.69) is 0 Å². The maximum absolute atomic E-state index is 12.7. The molecule has 2 aromatic carbocycles. The minimum Gasteiger partial charge on any atom is -0.493 e. The average Bonchev–Trinajstić information content (AvgIpc) is 3.23. The second kappa shape index (κ2) is 9.18. The largest absolute Gasteiger partial charge is 0.493 e. The number of benzene rings is 2. The zero-order valence-corrected chi connectivity index (χ0v) is 19.3. The third-order valence-electron chi connectivity index (χ3n) is 4.22. The molecule has 3 rings (SSSR count). The highest BCUT2D eigenvalue weighted by Crippen LogP contribution is 2.47. The number of methoxy groups -OCH3 is 1. The summed E-state index contributed by atoms with van der Waals surface area (Å²) in [5.74, 6) is 2.10. The lowest BCUT2D eigenvalue weighted by atomic mass is 10.2. The van der Waals surface area contributed by atoms with Crippen LogP contribution in [-0.4, -0.2) is 51.4 Å². The summed E-state index contributed by atoms with van der Waals surface area (Å²) in [7, 11) is 0.614. The number of ether oxygens (including phenoxy) is 2. The molecule has 0 aliphatic carbocycles. The third-order valence-corrected chi connectivity index (χ3v) is 9.47. The number of thioether (sulfide) groups is 2. The van der Waals surface area contributed by atoms with Crippen molar-refractivity contribution in [2.24, 2.45) is 0 Å². The molecule has 2 aromatic rings. The van der Waals surface area contributed by atoms with E-state index in [0.717, 1.165) is 21.4 Å². The Labute approximate surface area is 183 Å². The first-order valence-electron chi connectivity index (χ1n) is 8.59. The van der Waals surface area contributed by atoms with Crippen molar-refractivity contribution in [3.63, 3.8) is 0 Å². The fraction of sp³-hybridized carbons (Fsp3) is 0.316. The van der Waals surface area contributed by atoms with Gasteiger partial charge in [-0.1, -0.05) is 17.7 Å². The van der Waals surface area contributed by atoms with Gasteiger partial charge in [0.15, 0.2) is 11.5 Å². The van der Waals surface area contributed by atoms with Gasteiger partial charge in [-0.25, -0.2) is 17.5 Å². The first-order chi connectivity index (χ1) is 13.7. The molecular formula is C19H20ClNO5S3. The summed E-state index contributed by atoms with van der Waals surface area (Å²) < 4.78 is 37.0. The lowest BCUT2D eigenvalue weighted by molar-refractivity contribution is 0.0729. The molecule has 0 N–H and O–H groups in total. The summed E-state index contributed by atoms with van der Waals surface area (Å²) in [5, 5.41) is 0.0991. The van der Waals surface area contributed by atoms with Gasteiger partial charge in [-0.3, -0.25) is 0 Å². The average molecular weight is 474 g/mol. The highest BCUT2D eigenvalue weighted by atomic mass is 35.5. The molecule has 0 bridgehead atoms. The van der Waals surface area contributed by atoms with E-state index in [-0.39, 0.29) is 21.2 Å². The number of halogens is 1. The summed E-state index contributed by atoms with van der Waals surface area (Å²) >= 11 is 9.85. The van der Waals surface area contributed by atoms with E-state index >= 15 is 0 Å². The molecule has 1 heterocycles. The molecule has 1 fully saturated rings. The van der Waals surface area contributed by atoms with E-state index in [1.165, 1.54) is 39.4 Å². The van der Waals surface area contributed by atoms with Crippen molar-refractivity contribution in [2.45, 2.75) is 9.48 Å². The molecule has 10 heteroatoms. The van der Waals surface area contributed by atoms with Crippen LogP contribution in [0.3, 0.4) is 0 Å². The van der Waals surface area contributed by atoms with Crippen LogP contribution in [0, 0.1) is 0 Å². The fourth-order valence-corrected chi connectivity index (χ4v) is 6.61. The van der Waals surface area contributed by atoms with Gasteiger partial charge in [0.25, 0.3) is 0 Å². The number of sulfonamides is 1. The van der Waals surface area contributed by atoms with Gasteiger partial charge in [-0.2, -0.15) is 0 Å². The number of nitrogens with zero attached hydrogens (tertiary/aromatic N) is 1. The number of carbonyl (C=O) groups is 1. The molecule has 1 aliphatic heterocycles. The molecular weight excluding hydrogens is 454 g/mol. The Kier molecular flexibility index (Phi) is 7.06. The maximum atomic E-state index is 12.7. The Morgan fingerprint density at radius 1 is 1.10 bits per heavy atom. The predicted molar refractivity (Wildman–Crippen MR) is 118 cm³/mol. The van der Waals surface area contributed by atoms with Gasteiger partial charge in [-0.05, 0) is 35.9 Å². The van der Waals surface area contributed by atoms with Crippen molar-refractivity contribution in [1.82, 2.24) is 4.31 Å². The van der Waals surface area contributed by atoms with Crippen molar-refractivity contribution in [3.8, 4) is 11.5 Å². The first-order valence-corrected chi connectivity index (χ1v) is 12.5. The summed E-state index contributed by atoms with van der Waals surface area (Å²) in [6.07, 6.45) is 0. The van der Waals surface area contributed by atoms with Crippen LogP contribution in [0.5, 0.6) is 11.5 Å². The fourth-order valence-electron chi connectivity index (χ4n) is 2.65. The van der Waals surface area contributed by atoms with Crippen molar-refractivity contribution in [3.05, 3.63) is 52.5 Å². The second-order valence-corrected chi connectivity index (χ2v) is 11.6. The van der Waals surface area contributed by atoms with Crippen molar-refractivity contribution >= 4 is 51.1 Å². The molecule has 0 spiro atoms. The molecule has 6 nitrogen and oxygen atoms in total. The number of esters is 1. The number of rotatable bonds is 6. The Morgan fingerprint density at radius 3 is 2.41 bits per heavy atom. The second-order valence-electron chi connectivity index (χ2n) is 6.30. The molecule has 0 aromatic heterocycles. The summed E-state index contributed by atoms with van der Waals surface area (Å²) in [6.45, 7) is 0. The quantitative estimate of drug-likeness (QED) is 0.457. The van der Waals surface area contributed by atoms with Crippen molar-refractivity contribution < 1.29 is 22.7 Å². The van der Waals surface area contributed by atoms with E-state index in [0.29, 0.717) is 10.3 Å². The lowest BCUT2D eigenvalue weighted by Gasteiger charge is -2.15. The number of hydrogen-bond acceptors (Lipinski definition) is 7. The summed E-state index contributed by atoms with van der Waals surface area (Å²) in [6, 6.07) is 9.36. The zero-order chi connectivity index (χ0) is 21.2. The van der Waals surface area contributed by atoms with Gasteiger partial charge in [-0.15, -0.1) is 23.5 Å². The molecule has 0 atom stereocenters. The van der Waals surface area contributed by atoms with Gasteiger partial charge < -0.3 is 9.47 Å². The van der Waals surface area contributed by atoms with Crippen LogP contribution in [0.4, 0.5) is 0 Å². The van der Waals surface area contributed by atoms with E-state index in [9.17, 15) is 13.2 Å². The molecule has 1 saturated heterocycles. The van der Waals surface area contributed by atoms with Crippen molar-refractivity contribution in [2.75, 3.05) is 32.7 Å². The summed E-state index contributed by atoms with van der Waals surface area (Å²) in [5.41, 5.74) is 1.05. The highest BCUT2D eigenvalue weighted by Gasteiger charge is 2.24. The maximum Gasteiger partial charge on any atom is 0.345 e. The molecule has 0 saturated carbocycles. The topological polar surface area (TPSA) is 72.9 Å². The van der Waals surface area contributed by atoms with Gasteiger partial charge in [0.2, 0.25) is 10.0 Å². The molecule has 0 radical (unpaired) electrons. The monoisotopic (exact) mass is 473 g/mol. The highest BCUT2D eigenvalue weighted by molar-refractivity contribution is 8.19. The van der Waals surface area contributed by atoms with E-state index in [4.69, 9.17) is 21.1 Å². The standard InChI is InChI=1S/C19H20ClNO5S3/c1-21(2)29(23,24)13-5-6-15(20)14(11-13)18(22)26-16-7-4-12(10-17(16)25-3)19-27-8-9-28-19/h4-7,10-11,19H,8-9H2,1-3H3. The van der Waals surface area contributed by atoms with Crippen LogP contribution in [0.1, 0.15) is 20.5 Å². The lowest BCUT2D eigenvalue weighted by Crippen LogP contribution is -2.22. The Balaban J connectivity index is 1.88. The van der Waals surface area contributed by atoms with Crippen LogP contribution in [0.2, 0.25) is 5.02 Å². The molecule has 29 heavy (non-hydrogen) atoms. The smallest absolute Gasteiger partial charge is 0.345 e. The van der Waals surface area contributed by atoms with Gasteiger partial charge >= 0.3 is 5.97 Å². The minimum absolute atomic E-state index is 0.0392. The van der Waals surface area contributed by atoms with Crippen LogP contribution < -0.4 is 9.47 Å². The summed E-state index contributed by atoms with van der Waals surface area (Å²) in [4.78, 5) is 12.7. The van der Waals surface area contributed by atoms with Gasteiger partial charge in [0.1, 0.15) is 0 Å². The van der Waals surface area contributed by atoms with Crippen LogP contribution in [0.15, 0.2) is 41.3 Å². The zero-order valence-electron chi connectivity index (χ0n) is 16.0. The van der Waals surface area contributed by atoms with Crippen LogP contribution in [0.25, 0.3) is 0 Å². The van der Waals surface area contributed by atoms with E-state index < -0.39 is 16.0 Å².